The van der Waals surface area contributed by atoms with Crippen LogP contribution < -0.4 is 0 Å². The van der Waals surface area contributed by atoms with E-state index in [4.69, 9.17) is 11.6 Å². The lowest BCUT2D eigenvalue weighted by Crippen LogP contribution is -2.00. The van der Waals surface area contributed by atoms with E-state index in [1.807, 2.05) is 19.1 Å². The summed E-state index contributed by atoms with van der Waals surface area (Å²) in [6.07, 6.45) is 0.839. The van der Waals surface area contributed by atoms with Gasteiger partial charge in [-0.25, -0.2) is 0 Å². The van der Waals surface area contributed by atoms with E-state index in [0.717, 1.165) is 15.6 Å². The van der Waals surface area contributed by atoms with E-state index in [1.54, 1.807) is 6.92 Å². The average molecular weight is 309 g/mol. The van der Waals surface area contributed by atoms with Crippen LogP contribution in [0, 0.1) is 3.57 Å². The molecular formula is C10H10ClIO. The lowest BCUT2D eigenvalue weighted by Gasteiger charge is -2.07. The summed E-state index contributed by atoms with van der Waals surface area (Å²) in [5, 5.41) is 0.566. The van der Waals surface area contributed by atoms with Gasteiger partial charge in [-0.05, 0) is 53.6 Å². The number of carbonyl (C=O) groups excluding carboxylic acids is 1. The van der Waals surface area contributed by atoms with Crippen molar-refractivity contribution < 1.29 is 4.79 Å². The van der Waals surface area contributed by atoms with Crippen LogP contribution >= 0.6 is 34.2 Å². The molecule has 0 N–H and O–H groups in total. The van der Waals surface area contributed by atoms with E-state index in [9.17, 15) is 4.79 Å². The van der Waals surface area contributed by atoms with E-state index in [1.165, 1.54) is 0 Å². The van der Waals surface area contributed by atoms with E-state index in [-0.39, 0.29) is 5.78 Å². The van der Waals surface area contributed by atoms with E-state index < -0.39 is 0 Å². The molecule has 3 heteroatoms. The van der Waals surface area contributed by atoms with Crippen molar-refractivity contribution in [1.29, 1.82) is 0 Å². The van der Waals surface area contributed by atoms with Gasteiger partial charge >= 0.3 is 0 Å². The Bertz CT molecular complexity index is 347. The second-order valence-electron chi connectivity index (χ2n) is 2.83. The first-order valence-electron chi connectivity index (χ1n) is 4.05. The van der Waals surface area contributed by atoms with Crippen LogP contribution in [0.3, 0.4) is 0 Å². The van der Waals surface area contributed by atoms with Gasteiger partial charge in [0.25, 0.3) is 0 Å². The normalized spacial score (nSPS) is 10.2. The van der Waals surface area contributed by atoms with Crippen molar-refractivity contribution in [2.45, 2.75) is 20.3 Å². The number of hydrogen-bond acceptors (Lipinski definition) is 1. The molecule has 0 spiro atoms. The molecule has 0 heterocycles. The van der Waals surface area contributed by atoms with E-state index in [2.05, 4.69) is 22.6 Å². The first-order valence-corrected chi connectivity index (χ1v) is 5.50. The van der Waals surface area contributed by atoms with Crippen LogP contribution in [0.4, 0.5) is 0 Å². The predicted octanol–water partition coefficient (Wildman–Crippen LogP) is 3.71. The number of benzene rings is 1. The number of ketones is 1. The number of hydrogen-bond donors (Lipinski definition) is 0. The van der Waals surface area contributed by atoms with Crippen LogP contribution in [0.25, 0.3) is 0 Å². The van der Waals surface area contributed by atoms with Crippen molar-refractivity contribution >= 4 is 40.0 Å². The topological polar surface area (TPSA) is 17.1 Å². The Morgan fingerprint density at radius 1 is 1.54 bits per heavy atom. The molecule has 0 amide bonds. The van der Waals surface area contributed by atoms with Gasteiger partial charge in [-0.2, -0.15) is 0 Å². The molecule has 0 atom stereocenters. The predicted molar refractivity (Wildman–Crippen MR) is 63.6 cm³/mol. The summed E-state index contributed by atoms with van der Waals surface area (Å²) in [6.45, 7) is 3.57. The molecule has 0 aliphatic heterocycles. The Balaban J connectivity index is 3.38. The van der Waals surface area contributed by atoms with Gasteiger partial charge in [0, 0.05) is 9.13 Å². The molecule has 0 saturated heterocycles. The fourth-order valence-corrected chi connectivity index (χ4v) is 2.54. The minimum atomic E-state index is 0.0400. The minimum absolute atomic E-state index is 0.0400. The van der Waals surface area contributed by atoms with Gasteiger partial charge in [0.15, 0.2) is 5.78 Å². The minimum Gasteiger partial charge on any atom is -0.294 e. The highest BCUT2D eigenvalue weighted by atomic mass is 127. The maximum atomic E-state index is 11.3. The molecule has 70 valence electrons. The quantitative estimate of drug-likeness (QED) is 0.601. The van der Waals surface area contributed by atoms with Gasteiger partial charge < -0.3 is 0 Å². The van der Waals surface area contributed by atoms with Crippen molar-refractivity contribution in [3.05, 3.63) is 31.9 Å². The molecule has 0 fully saturated rings. The fourth-order valence-electron chi connectivity index (χ4n) is 1.30. The Hall–Kier alpha value is -0.0900. The molecule has 1 aromatic carbocycles. The van der Waals surface area contributed by atoms with E-state index >= 15 is 0 Å². The van der Waals surface area contributed by atoms with Crippen molar-refractivity contribution in [2.24, 2.45) is 0 Å². The molecule has 1 nitrogen and oxygen atoms in total. The van der Waals surface area contributed by atoms with Crippen LogP contribution in [0.2, 0.25) is 5.02 Å². The highest BCUT2D eigenvalue weighted by molar-refractivity contribution is 14.1. The summed E-state index contributed by atoms with van der Waals surface area (Å²) < 4.78 is 1.07. The summed E-state index contributed by atoms with van der Waals surface area (Å²) in [7, 11) is 0. The molecule has 13 heavy (non-hydrogen) atoms. The Labute approximate surface area is 96.6 Å². The van der Waals surface area contributed by atoms with Gasteiger partial charge in [0.05, 0.1) is 5.02 Å². The molecule has 0 aliphatic carbocycles. The molecule has 0 aliphatic rings. The Morgan fingerprint density at radius 3 is 2.62 bits per heavy atom. The van der Waals surface area contributed by atoms with Gasteiger partial charge in [0.1, 0.15) is 0 Å². The summed E-state index contributed by atoms with van der Waals surface area (Å²) >= 11 is 8.18. The first-order chi connectivity index (χ1) is 6.06. The number of Topliss-reactive ketones (excluding diaryl/α,β-unsaturated/α-hetero) is 1. The third-order valence-corrected chi connectivity index (χ3v) is 2.79. The second-order valence-corrected chi connectivity index (χ2v) is 4.48. The molecule has 0 aromatic heterocycles. The standard InChI is InChI=1S/C10H10ClIO/c1-3-7-4-8(12)5-9(11)10(7)6(2)13/h4-5H,3H2,1-2H3. The van der Waals surface area contributed by atoms with Gasteiger partial charge in [-0.3, -0.25) is 4.79 Å². The summed E-state index contributed by atoms with van der Waals surface area (Å²) in [6, 6.07) is 3.82. The third-order valence-electron chi connectivity index (χ3n) is 1.87. The highest BCUT2D eigenvalue weighted by Gasteiger charge is 2.11. The maximum Gasteiger partial charge on any atom is 0.161 e. The van der Waals surface area contributed by atoms with Crippen LogP contribution in [0.15, 0.2) is 12.1 Å². The van der Waals surface area contributed by atoms with Crippen molar-refractivity contribution in [2.75, 3.05) is 0 Å². The fraction of sp³-hybridized carbons (Fsp3) is 0.300. The number of rotatable bonds is 2. The Morgan fingerprint density at radius 2 is 2.15 bits per heavy atom. The van der Waals surface area contributed by atoms with Gasteiger partial charge in [-0.15, -0.1) is 0 Å². The van der Waals surface area contributed by atoms with Crippen molar-refractivity contribution in [3.63, 3.8) is 0 Å². The summed E-state index contributed by atoms with van der Waals surface area (Å²) in [4.78, 5) is 11.3. The first kappa shape index (κ1) is 11.0. The number of carbonyl (C=O) groups is 1. The van der Waals surface area contributed by atoms with Gasteiger partial charge in [0.2, 0.25) is 0 Å². The van der Waals surface area contributed by atoms with Crippen molar-refractivity contribution in [1.82, 2.24) is 0 Å². The summed E-state index contributed by atoms with van der Waals surface area (Å²) in [5.74, 6) is 0.0400. The zero-order chi connectivity index (χ0) is 10.0. The van der Waals surface area contributed by atoms with Crippen LogP contribution in [0.5, 0.6) is 0 Å². The monoisotopic (exact) mass is 308 g/mol. The molecule has 0 radical (unpaired) electrons. The molecule has 1 rings (SSSR count). The van der Waals surface area contributed by atoms with Gasteiger partial charge in [-0.1, -0.05) is 18.5 Å². The average Bonchev–Trinajstić information content (AvgIpc) is 2.01. The smallest absolute Gasteiger partial charge is 0.161 e. The van der Waals surface area contributed by atoms with E-state index in [0.29, 0.717) is 10.6 Å². The molecule has 0 bridgehead atoms. The lowest BCUT2D eigenvalue weighted by molar-refractivity contribution is 0.101. The second kappa shape index (κ2) is 4.42. The van der Waals surface area contributed by atoms with Crippen molar-refractivity contribution in [3.8, 4) is 0 Å². The zero-order valence-corrected chi connectivity index (χ0v) is 10.4. The number of halogens is 2. The largest absolute Gasteiger partial charge is 0.294 e. The highest BCUT2D eigenvalue weighted by Crippen LogP contribution is 2.24. The molecule has 0 saturated carbocycles. The Kier molecular flexibility index (Phi) is 3.74. The zero-order valence-electron chi connectivity index (χ0n) is 7.53. The maximum absolute atomic E-state index is 11.3. The van der Waals surface area contributed by atoms with Crippen LogP contribution in [-0.4, -0.2) is 5.78 Å². The third kappa shape index (κ3) is 2.44. The summed E-state index contributed by atoms with van der Waals surface area (Å²) in [5.41, 5.74) is 1.70. The number of aryl methyl sites for hydroxylation is 1. The molecule has 0 unspecified atom stereocenters. The SMILES string of the molecule is CCc1cc(I)cc(Cl)c1C(C)=O. The van der Waals surface area contributed by atoms with Crippen LogP contribution in [0.1, 0.15) is 29.8 Å². The molecular weight excluding hydrogens is 298 g/mol. The van der Waals surface area contributed by atoms with Crippen LogP contribution in [-0.2, 0) is 6.42 Å². The molecule has 1 aromatic rings. The lowest BCUT2D eigenvalue weighted by atomic mass is 10.0.